The number of aryl methyl sites for hydroxylation is 1. The number of fused-ring (bicyclic) bond motifs is 2. The number of thiazole rings is 1. The molecule has 1 aromatic heterocycles. The first-order valence-corrected chi connectivity index (χ1v) is 11.5. The van der Waals surface area contributed by atoms with E-state index in [1.165, 1.54) is 24.3 Å². The second-order valence-corrected chi connectivity index (χ2v) is 9.09. The molecule has 0 N–H and O–H groups in total. The van der Waals surface area contributed by atoms with Crippen molar-refractivity contribution in [2.45, 2.75) is 44.3 Å². The molecule has 0 bridgehead atoms. The Balaban J connectivity index is 1.33. The van der Waals surface area contributed by atoms with E-state index in [1.54, 1.807) is 29.5 Å². The van der Waals surface area contributed by atoms with Crippen LogP contribution in [0.4, 0.5) is 13.2 Å². The van der Waals surface area contributed by atoms with Crippen molar-refractivity contribution in [3.63, 3.8) is 0 Å². The Morgan fingerprint density at radius 2 is 1.91 bits per heavy atom. The molecule has 166 valence electrons. The summed E-state index contributed by atoms with van der Waals surface area (Å²) in [6.07, 6.45) is 3.37. The van der Waals surface area contributed by atoms with Gasteiger partial charge in [0.15, 0.2) is 0 Å². The Morgan fingerprint density at radius 1 is 1.09 bits per heavy atom. The second-order valence-electron chi connectivity index (χ2n) is 8.20. The van der Waals surface area contributed by atoms with Gasteiger partial charge in [-0.25, -0.2) is 9.37 Å². The second kappa shape index (κ2) is 8.58. The van der Waals surface area contributed by atoms with Crippen LogP contribution in [0, 0.1) is 5.82 Å². The van der Waals surface area contributed by atoms with Gasteiger partial charge in [-0.2, -0.15) is 8.78 Å². The molecule has 5 rings (SSSR count). The maximum atomic E-state index is 13.7. The Bertz CT molecular complexity index is 1130. The number of piperidine rings is 1. The number of ether oxygens (including phenoxy) is 1. The van der Waals surface area contributed by atoms with E-state index in [9.17, 15) is 18.0 Å². The van der Waals surface area contributed by atoms with E-state index in [-0.39, 0.29) is 29.4 Å². The number of halogens is 3. The molecule has 2 aromatic carbocycles. The number of benzene rings is 2. The molecule has 2 aliphatic rings. The summed E-state index contributed by atoms with van der Waals surface area (Å²) in [4.78, 5) is 19.9. The van der Waals surface area contributed by atoms with Crippen LogP contribution < -0.4 is 4.74 Å². The Labute approximate surface area is 187 Å². The fourth-order valence-corrected chi connectivity index (χ4v) is 5.60. The molecule has 0 unspecified atom stereocenters. The van der Waals surface area contributed by atoms with E-state index in [0.717, 1.165) is 41.1 Å². The lowest BCUT2D eigenvalue weighted by Crippen LogP contribution is -2.45. The lowest BCUT2D eigenvalue weighted by Gasteiger charge is -2.38. The molecule has 2 aliphatic heterocycles. The summed E-state index contributed by atoms with van der Waals surface area (Å²) in [5.41, 5.74) is 2.99. The maximum Gasteiger partial charge on any atom is 0.387 e. The minimum absolute atomic E-state index is 0.0291. The first-order valence-electron chi connectivity index (χ1n) is 10.6. The average Bonchev–Trinajstić information content (AvgIpc) is 3.23. The van der Waals surface area contributed by atoms with Crippen molar-refractivity contribution in [1.82, 2.24) is 9.88 Å². The van der Waals surface area contributed by atoms with Crippen molar-refractivity contribution >= 4 is 17.2 Å². The minimum Gasteiger partial charge on any atom is -0.435 e. The number of aromatic nitrogens is 1. The number of hydrogen-bond donors (Lipinski definition) is 0. The van der Waals surface area contributed by atoms with Crippen molar-refractivity contribution in [3.8, 4) is 17.0 Å². The van der Waals surface area contributed by atoms with Gasteiger partial charge in [0.05, 0.1) is 10.7 Å². The molecule has 2 atom stereocenters. The zero-order valence-electron chi connectivity index (χ0n) is 17.1. The maximum absolute atomic E-state index is 13.7. The van der Waals surface area contributed by atoms with E-state index in [2.05, 4.69) is 4.74 Å². The van der Waals surface area contributed by atoms with Crippen LogP contribution >= 0.6 is 11.3 Å². The van der Waals surface area contributed by atoms with E-state index in [0.29, 0.717) is 18.5 Å². The lowest BCUT2D eigenvalue weighted by molar-refractivity contribution is -0.0498. The van der Waals surface area contributed by atoms with Crippen molar-refractivity contribution in [2.75, 3.05) is 6.54 Å². The van der Waals surface area contributed by atoms with Crippen molar-refractivity contribution in [1.29, 1.82) is 0 Å². The molecule has 1 amide bonds. The summed E-state index contributed by atoms with van der Waals surface area (Å²) >= 11 is 1.55. The summed E-state index contributed by atoms with van der Waals surface area (Å²) in [5, 5.41) is 2.91. The predicted molar refractivity (Wildman–Crippen MR) is 116 cm³/mol. The highest BCUT2D eigenvalue weighted by atomic mass is 32.1. The van der Waals surface area contributed by atoms with E-state index in [4.69, 9.17) is 4.98 Å². The van der Waals surface area contributed by atoms with Gasteiger partial charge in [0, 0.05) is 35.0 Å². The first kappa shape index (κ1) is 21.0. The summed E-state index contributed by atoms with van der Waals surface area (Å²) in [5.74, 6) is -0.0910. The Hall–Kier alpha value is -2.87. The van der Waals surface area contributed by atoms with Crippen LogP contribution in [0.15, 0.2) is 47.8 Å². The number of nitrogens with zero attached hydrogens (tertiary/aromatic N) is 2. The molecule has 1 saturated heterocycles. The SMILES string of the molecule is O=C1c2ccc(F)cc2CC[C@@H]2CC[C@H](c3nc(-c4ccc(OC(F)F)cc4)cs3)CN12. The average molecular weight is 459 g/mol. The van der Waals surface area contributed by atoms with Gasteiger partial charge in [-0.05, 0) is 73.7 Å². The number of amides is 1. The monoisotopic (exact) mass is 458 g/mol. The number of hydrogen-bond acceptors (Lipinski definition) is 4. The summed E-state index contributed by atoms with van der Waals surface area (Å²) in [6.45, 7) is -2.26. The van der Waals surface area contributed by atoms with E-state index < -0.39 is 6.61 Å². The molecule has 8 heteroatoms. The normalized spacial score (nSPS) is 20.6. The zero-order chi connectivity index (χ0) is 22.2. The van der Waals surface area contributed by atoms with Crippen molar-refractivity contribution in [3.05, 3.63) is 69.8 Å². The molecule has 3 aromatic rings. The molecule has 1 fully saturated rings. The number of rotatable bonds is 4. The standard InChI is InChI=1S/C24H21F3N2O2S/c25-17-5-10-20-15(11-17)1-6-18-7-2-16(12-29(18)23(20)30)22-28-21(13-32-22)14-3-8-19(9-4-14)31-24(26)27/h3-5,8-11,13,16,18,24H,1-2,6-7,12H2/t16-,18+/m0/s1. The molecule has 0 spiro atoms. The molecule has 0 radical (unpaired) electrons. The summed E-state index contributed by atoms with van der Waals surface area (Å²) in [6, 6.07) is 11.0. The van der Waals surface area contributed by atoms with Gasteiger partial charge >= 0.3 is 6.61 Å². The molecule has 4 nitrogen and oxygen atoms in total. The highest BCUT2D eigenvalue weighted by Crippen LogP contribution is 2.37. The smallest absolute Gasteiger partial charge is 0.387 e. The van der Waals surface area contributed by atoms with Crippen LogP contribution in [0.2, 0.25) is 0 Å². The third-order valence-electron chi connectivity index (χ3n) is 6.26. The predicted octanol–water partition coefficient (Wildman–Crippen LogP) is 5.89. The van der Waals surface area contributed by atoms with Crippen LogP contribution in [0.25, 0.3) is 11.3 Å². The van der Waals surface area contributed by atoms with Gasteiger partial charge < -0.3 is 9.64 Å². The fraction of sp³-hybridized carbons (Fsp3) is 0.333. The minimum atomic E-state index is -2.85. The topological polar surface area (TPSA) is 42.4 Å². The van der Waals surface area contributed by atoms with Crippen LogP contribution in [0.5, 0.6) is 5.75 Å². The van der Waals surface area contributed by atoms with E-state index >= 15 is 0 Å². The van der Waals surface area contributed by atoms with Crippen LogP contribution in [0.1, 0.15) is 46.1 Å². The Kier molecular flexibility index (Phi) is 5.63. The highest BCUT2D eigenvalue weighted by Gasteiger charge is 2.36. The summed E-state index contributed by atoms with van der Waals surface area (Å²) in [7, 11) is 0. The highest BCUT2D eigenvalue weighted by molar-refractivity contribution is 7.10. The third-order valence-corrected chi connectivity index (χ3v) is 7.27. The number of carbonyl (C=O) groups excluding carboxylic acids is 1. The molecule has 0 saturated carbocycles. The largest absolute Gasteiger partial charge is 0.435 e. The fourth-order valence-electron chi connectivity index (χ4n) is 4.65. The van der Waals surface area contributed by atoms with Gasteiger partial charge in [0.25, 0.3) is 5.91 Å². The Morgan fingerprint density at radius 3 is 2.69 bits per heavy atom. The molecule has 32 heavy (non-hydrogen) atoms. The van der Waals surface area contributed by atoms with Gasteiger partial charge in [-0.3, -0.25) is 4.79 Å². The summed E-state index contributed by atoms with van der Waals surface area (Å²) < 4.78 is 42.7. The first-order chi connectivity index (χ1) is 15.5. The van der Waals surface area contributed by atoms with Crippen LogP contribution in [-0.4, -0.2) is 35.0 Å². The van der Waals surface area contributed by atoms with Crippen LogP contribution in [0.3, 0.4) is 0 Å². The molecule has 0 aliphatic carbocycles. The third kappa shape index (κ3) is 4.11. The molecule has 3 heterocycles. The lowest BCUT2D eigenvalue weighted by atomic mass is 9.91. The number of carbonyl (C=O) groups is 1. The quantitative estimate of drug-likeness (QED) is 0.490. The number of alkyl halides is 2. The van der Waals surface area contributed by atoms with Crippen LogP contribution in [-0.2, 0) is 6.42 Å². The van der Waals surface area contributed by atoms with Gasteiger partial charge in [0.2, 0.25) is 0 Å². The van der Waals surface area contributed by atoms with Gasteiger partial charge in [-0.1, -0.05) is 0 Å². The van der Waals surface area contributed by atoms with Gasteiger partial charge in [0.1, 0.15) is 11.6 Å². The van der Waals surface area contributed by atoms with E-state index in [1.807, 2.05) is 10.3 Å². The zero-order valence-corrected chi connectivity index (χ0v) is 18.0. The van der Waals surface area contributed by atoms with Crippen molar-refractivity contribution < 1.29 is 22.7 Å². The molecular formula is C24H21F3N2O2S. The van der Waals surface area contributed by atoms with Crippen molar-refractivity contribution in [2.24, 2.45) is 0 Å². The van der Waals surface area contributed by atoms with Gasteiger partial charge in [-0.15, -0.1) is 11.3 Å². The molecular weight excluding hydrogens is 437 g/mol.